The van der Waals surface area contributed by atoms with Crippen molar-refractivity contribution in [3.8, 4) is 0 Å². The number of hydrogen-bond acceptors (Lipinski definition) is 3. The number of benzene rings is 3. The molecule has 2 unspecified atom stereocenters. The zero-order valence-corrected chi connectivity index (χ0v) is 16.0. The molecule has 0 heterocycles. The third-order valence-corrected chi connectivity index (χ3v) is 7.17. The molecular weight excluding hydrogens is 376 g/mol. The topological polar surface area (TPSA) is 71.4 Å². The Morgan fingerprint density at radius 3 is 1.37 bits per heavy atom. The van der Waals surface area contributed by atoms with Gasteiger partial charge in [-0.05, 0) is 33.9 Å². The number of Topliss-reactive ketones (excluding diaryl/α,β-unsaturated/α-hetero) is 2. The molecule has 0 radical (unpaired) electrons. The first-order valence-electron chi connectivity index (χ1n) is 10.2. The second-order valence-corrected chi connectivity index (χ2v) is 8.39. The third kappa shape index (κ3) is 2.03. The minimum absolute atomic E-state index is 0.0326. The largest absolute Gasteiger partial charge is 0.478 e. The molecule has 3 aromatic carbocycles. The Labute approximate surface area is 173 Å². The predicted molar refractivity (Wildman–Crippen MR) is 110 cm³/mol. The van der Waals surface area contributed by atoms with Crippen LogP contribution >= 0.6 is 0 Å². The molecule has 7 rings (SSSR count). The van der Waals surface area contributed by atoms with Crippen molar-refractivity contribution in [1.82, 2.24) is 0 Å². The van der Waals surface area contributed by atoms with Crippen LogP contribution in [0, 0.1) is 11.8 Å². The quantitative estimate of drug-likeness (QED) is 0.663. The van der Waals surface area contributed by atoms with Crippen molar-refractivity contribution in [2.75, 3.05) is 0 Å². The first-order valence-corrected chi connectivity index (χ1v) is 10.2. The molecule has 0 aliphatic heterocycles. The lowest BCUT2D eigenvalue weighted by Gasteiger charge is -2.46. The Morgan fingerprint density at radius 1 is 0.600 bits per heavy atom. The van der Waals surface area contributed by atoms with Crippen LogP contribution in [-0.4, -0.2) is 22.6 Å². The van der Waals surface area contributed by atoms with E-state index in [9.17, 15) is 19.5 Å². The predicted octanol–water partition coefficient (Wildman–Crippen LogP) is 4.14. The first kappa shape index (κ1) is 17.3. The maximum absolute atomic E-state index is 13.7. The summed E-state index contributed by atoms with van der Waals surface area (Å²) in [6.07, 6.45) is 0. The average Bonchev–Trinajstić information content (AvgIpc) is 3.04. The first-order chi connectivity index (χ1) is 14.6. The Morgan fingerprint density at radius 2 is 0.967 bits per heavy atom. The van der Waals surface area contributed by atoms with Crippen molar-refractivity contribution >= 4 is 17.5 Å². The molecule has 2 bridgehead atoms. The maximum Gasteiger partial charge on any atom is 0.336 e. The van der Waals surface area contributed by atoms with Gasteiger partial charge in [0.25, 0.3) is 0 Å². The van der Waals surface area contributed by atoms with E-state index in [1.807, 2.05) is 24.3 Å². The molecule has 4 aliphatic carbocycles. The van der Waals surface area contributed by atoms with Crippen molar-refractivity contribution in [2.24, 2.45) is 11.8 Å². The molecular formula is C26H18O4. The average molecular weight is 394 g/mol. The van der Waals surface area contributed by atoms with E-state index in [-0.39, 0.29) is 29.0 Å². The second kappa shape index (κ2) is 5.99. The van der Waals surface area contributed by atoms with Gasteiger partial charge in [0.1, 0.15) is 5.92 Å². The molecule has 0 spiro atoms. The number of carboxylic acid groups (broad SMARTS) is 1. The SMILES string of the molecule is O=C(O)c1ccccc1C1C(=O)C2C3c4ccccc4C(c4ccccc43)C2C1=O. The van der Waals surface area contributed by atoms with E-state index in [0.717, 1.165) is 22.3 Å². The van der Waals surface area contributed by atoms with Gasteiger partial charge in [-0.2, -0.15) is 0 Å². The lowest BCUT2D eigenvalue weighted by molar-refractivity contribution is -0.125. The number of carboxylic acids is 1. The molecule has 3 aromatic rings. The smallest absolute Gasteiger partial charge is 0.336 e. The van der Waals surface area contributed by atoms with E-state index in [1.54, 1.807) is 18.2 Å². The van der Waals surface area contributed by atoms with E-state index in [2.05, 4.69) is 24.3 Å². The number of rotatable bonds is 2. The Hall–Kier alpha value is -3.53. The van der Waals surface area contributed by atoms with Gasteiger partial charge in [-0.15, -0.1) is 0 Å². The number of hydrogen-bond donors (Lipinski definition) is 1. The van der Waals surface area contributed by atoms with Gasteiger partial charge in [-0.3, -0.25) is 9.59 Å². The molecule has 4 nitrogen and oxygen atoms in total. The van der Waals surface area contributed by atoms with Gasteiger partial charge in [0.05, 0.1) is 5.56 Å². The van der Waals surface area contributed by atoms with E-state index in [4.69, 9.17) is 0 Å². The molecule has 30 heavy (non-hydrogen) atoms. The van der Waals surface area contributed by atoms with Crippen LogP contribution in [0.5, 0.6) is 0 Å². The monoisotopic (exact) mass is 394 g/mol. The summed E-state index contributed by atoms with van der Waals surface area (Å²) >= 11 is 0. The van der Waals surface area contributed by atoms with Crippen LogP contribution in [0.1, 0.15) is 55.9 Å². The van der Waals surface area contributed by atoms with Crippen molar-refractivity contribution in [2.45, 2.75) is 17.8 Å². The summed E-state index contributed by atoms with van der Waals surface area (Å²) < 4.78 is 0. The fourth-order valence-corrected chi connectivity index (χ4v) is 6.14. The number of ketones is 2. The standard InChI is InChI=1S/C26H18O4/c27-24-21(17-11-5-6-12-18(17)26(29)30)25(28)23-20-14-8-2-1-7-13(14)19(22(23)24)15-9-3-4-10-16(15)20/h1-12,19-23H,(H,29,30). The van der Waals surface area contributed by atoms with Gasteiger partial charge >= 0.3 is 5.97 Å². The van der Waals surface area contributed by atoms with Gasteiger partial charge < -0.3 is 5.11 Å². The van der Waals surface area contributed by atoms with Crippen LogP contribution in [0.15, 0.2) is 72.8 Å². The van der Waals surface area contributed by atoms with Crippen LogP contribution in [-0.2, 0) is 9.59 Å². The Kier molecular flexibility index (Phi) is 3.46. The van der Waals surface area contributed by atoms with Crippen LogP contribution < -0.4 is 0 Å². The van der Waals surface area contributed by atoms with E-state index in [1.165, 1.54) is 6.07 Å². The van der Waals surface area contributed by atoms with Gasteiger partial charge in [0.15, 0.2) is 11.6 Å². The summed E-state index contributed by atoms with van der Waals surface area (Å²) in [6, 6.07) is 22.6. The number of aromatic carboxylic acids is 1. The summed E-state index contributed by atoms with van der Waals surface area (Å²) in [5.74, 6) is -3.62. The summed E-state index contributed by atoms with van der Waals surface area (Å²) in [6.45, 7) is 0. The zero-order valence-electron chi connectivity index (χ0n) is 16.0. The molecule has 4 aliphatic rings. The molecule has 4 heteroatoms. The highest BCUT2D eigenvalue weighted by Gasteiger charge is 2.62. The fourth-order valence-electron chi connectivity index (χ4n) is 6.14. The van der Waals surface area contributed by atoms with E-state index >= 15 is 0 Å². The summed E-state index contributed by atoms with van der Waals surface area (Å²) in [5.41, 5.74) is 4.84. The van der Waals surface area contributed by atoms with Crippen molar-refractivity contribution < 1.29 is 19.5 Å². The highest BCUT2D eigenvalue weighted by molar-refractivity contribution is 6.18. The molecule has 2 atom stereocenters. The number of carbonyl (C=O) groups excluding carboxylic acids is 2. The molecule has 0 amide bonds. The minimum Gasteiger partial charge on any atom is -0.478 e. The van der Waals surface area contributed by atoms with Crippen LogP contribution in [0.25, 0.3) is 0 Å². The highest BCUT2D eigenvalue weighted by Crippen LogP contribution is 2.62. The second-order valence-electron chi connectivity index (χ2n) is 8.39. The molecule has 0 saturated heterocycles. The third-order valence-electron chi connectivity index (χ3n) is 7.17. The van der Waals surface area contributed by atoms with Crippen molar-refractivity contribution in [1.29, 1.82) is 0 Å². The van der Waals surface area contributed by atoms with Gasteiger partial charge in [0.2, 0.25) is 0 Å². The van der Waals surface area contributed by atoms with Gasteiger partial charge in [0, 0.05) is 23.7 Å². The Bertz CT molecular complexity index is 1140. The summed E-state index contributed by atoms with van der Waals surface area (Å²) in [4.78, 5) is 39.2. The summed E-state index contributed by atoms with van der Waals surface area (Å²) in [5, 5.41) is 9.63. The van der Waals surface area contributed by atoms with Crippen molar-refractivity contribution in [3.05, 3.63) is 106 Å². The van der Waals surface area contributed by atoms with Crippen molar-refractivity contribution in [3.63, 3.8) is 0 Å². The van der Waals surface area contributed by atoms with Gasteiger partial charge in [-0.1, -0.05) is 66.7 Å². The van der Waals surface area contributed by atoms with E-state index in [0.29, 0.717) is 5.56 Å². The lowest BCUT2D eigenvalue weighted by atomic mass is 9.55. The van der Waals surface area contributed by atoms with Crippen LogP contribution in [0.3, 0.4) is 0 Å². The molecule has 146 valence electrons. The molecule has 1 saturated carbocycles. The molecule has 1 N–H and O–H groups in total. The zero-order chi connectivity index (χ0) is 20.6. The number of carbonyl (C=O) groups is 3. The van der Waals surface area contributed by atoms with E-state index < -0.39 is 23.7 Å². The summed E-state index contributed by atoms with van der Waals surface area (Å²) in [7, 11) is 0. The normalized spacial score (nSPS) is 28.1. The highest BCUT2D eigenvalue weighted by atomic mass is 16.4. The molecule has 1 fully saturated rings. The Balaban J connectivity index is 1.58. The van der Waals surface area contributed by atoms with Crippen LogP contribution in [0.2, 0.25) is 0 Å². The minimum atomic E-state index is -1.12. The lowest BCUT2D eigenvalue weighted by Crippen LogP contribution is -2.41. The molecule has 0 aromatic heterocycles. The van der Waals surface area contributed by atoms with Crippen LogP contribution in [0.4, 0.5) is 0 Å². The fraction of sp³-hybridized carbons (Fsp3) is 0.192. The van der Waals surface area contributed by atoms with Gasteiger partial charge in [-0.25, -0.2) is 4.79 Å². The maximum atomic E-state index is 13.7.